The molecule has 2 aromatic rings. The van der Waals surface area contributed by atoms with Crippen LogP contribution in [0, 0.1) is 0 Å². The molecule has 25 heavy (non-hydrogen) atoms. The van der Waals surface area contributed by atoms with Gasteiger partial charge in [-0.25, -0.2) is 0 Å². The molecule has 0 saturated carbocycles. The molecule has 5 nitrogen and oxygen atoms in total. The number of rotatable bonds is 3. The molecule has 0 bridgehead atoms. The van der Waals surface area contributed by atoms with Crippen LogP contribution in [0.5, 0.6) is 5.75 Å². The first-order chi connectivity index (χ1) is 12.2. The monoisotopic (exact) mass is 338 g/mol. The van der Waals surface area contributed by atoms with Crippen LogP contribution in [0.1, 0.15) is 36.8 Å². The van der Waals surface area contributed by atoms with Gasteiger partial charge in [-0.15, -0.1) is 10.2 Å². The number of nitrogens with one attached hydrogen (secondary N) is 1. The fourth-order valence-corrected chi connectivity index (χ4v) is 4.13. The molecule has 5 heteroatoms. The number of hydrogen-bond donors (Lipinski definition) is 2. The molecule has 1 aromatic carbocycles. The third-order valence-electron chi connectivity index (χ3n) is 5.41. The minimum Gasteiger partial charge on any atom is -0.507 e. The number of aromatic hydroxyl groups is 1. The van der Waals surface area contributed by atoms with Crippen molar-refractivity contribution >= 4 is 5.82 Å². The van der Waals surface area contributed by atoms with Crippen LogP contribution in [0.15, 0.2) is 24.3 Å². The fraction of sp³-hybridized carbons (Fsp3) is 0.500. The zero-order chi connectivity index (χ0) is 17.2. The summed E-state index contributed by atoms with van der Waals surface area (Å²) in [5.74, 6) is 1.23. The number of piperidine rings is 1. The fourth-order valence-electron chi connectivity index (χ4n) is 4.13. The maximum atomic E-state index is 10.2. The average Bonchev–Trinajstić information content (AvgIpc) is 2.63. The summed E-state index contributed by atoms with van der Waals surface area (Å²) >= 11 is 0. The van der Waals surface area contributed by atoms with E-state index in [4.69, 9.17) is 0 Å². The smallest absolute Gasteiger partial charge is 0.152 e. The summed E-state index contributed by atoms with van der Waals surface area (Å²) in [6, 6.07) is 7.87. The highest BCUT2D eigenvalue weighted by molar-refractivity contribution is 5.72. The van der Waals surface area contributed by atoms with Crippen molar-refractivity contribution in [3.8, 4) is 17.0 Å². The van der Waals surface area contributed by atoms with Gasteiger partial charge in [0.15, 0.2) is 5.82 Å². The van der Waals surface area contributed by atoms with E-state index in [0.29, 0.717) is 6.04 Å². The van der Waals surface area contributed by atoms with E-state index in [2.05, 4.69) is 27.5 Å². The third-order valence-corrected chi connectivity index (χ3v) is 5.41. The highest BCUT2D eigenvalue weighted by atomic mass is 16.3. The van der Waals surface area contributed by atoms with Gasteiger partial charge in [0.1, 0.15) is 11.4 Å². The minimum absolute atomic E-state index is 0.277. The van der Waals surface area contributed by atoms with Crippen LogP contribution in [0.25, 0.3) is 11.3 Å². The van der Waals surface area contributed by atoms with Crippen molar-refractivity contribution in [2.75, 3.05) is 25.5 Å². The van der Waals surface area contributed by atoms with Crippen molar-refractivity contribution in [2.45, 2.75) is 44.6 Å². The molecule has 1 aromatic heterocycles. The number of benzene rings is 1. The van der Waals surface area contributed by atoms with Crippen molar-refractivity contribution in [1.82, 2.24) is 15.1 Å². The summed E-state index contributed by atoms with van der Waals surface area (Å²) in [4.78, 5) is 2.37. The van der Waals surface area contributed by atoms with Gasteiger partial charge in [-0.05, 0) is 69.8 Å². The lowest BCUT2D eigenvalue weighted by molar-refractivity contribution is 0.260. The van der Waals surface area contributed by atoms with E-state index in [1.54, 1.807) is 6.07 Å². The number of phenols is 1. The molecule has 1 unspecified atom stereocenters. The molecule has 1 aliphatic heterocycles. The summed E-state index contributed by atoms with van der Waals surface area (Å²) in [6.07, 6.45) is 6.81. The van der Waals surface area contributed by atoms with Crippen molar-refractivity contribution in [3.63, 3.8) is 0 Å². The number of fused-ring (bicyclic) bond motifs is 1. The van der Waals surface area contributed by atoms with E-state index < -0.39 is 0 Å². The molecular weight excluding hydrogens is 312 g/mol. The Morgan fingerprint density at radius 3 is 2.68 bits per heavy atom. The lowest BCUT2D eigenvalue weighted by Gasteiger charge is -2.31. The second kappa shape index (κ2) is 7.00. The first-order valence-electron chi connectivity index (χ1n) is 9.34. The van der Waals surface area contributed by atoms with Gasteiger partial charge >= 0.3 is 0 Å². The molecule has 0 amide bonds. The second-order valence-electron chi connectivity index (χ2n) is 7.32. The number of likely N-dealkylation sites (tertiary alicyclic amines) is 1. The Morgan fingerprint density at radius 2 is 1.88 bits per heavy atom. The molecule has 0 spiro atoms. The largest absolute Gasteiger partial charge is 0.507 e. The normalized spacial score (nSPS) is 20.9. The molecule has 2 heterocycles. The summed E-state index contributed by atoms with van der Waals surface area (Å²) < 4.78 is 0. The van der Waals surface area contributed by atoms with Crippen molar-refractivity contribution < 1.29 is 5.11 Å². The van der Waals surface area contributed by atoms with Gasteiger partial charge in [0.2, 0.25) is 0 Å². The predicted octanol–water partition coefficient (Wildman–Crippen LogP) is 3.23. The number of hydrogen-bond acceptors (Lipinski definition) is 5. The van der Waals surface area contributed by atoms with Crippen molar-refractivity contribution in [1.29, 1.82) is 0 Å². The van der Waals surface area contributed by atoms with Crippen molar-refractivity contribution in [2.24, 2.45) is 0 Å². The van der Waals surface area contributed by atoms with Crippen LogP contribution in [-0.4, -0.2) is 46.4 Å². The highest BCUT2D eigenvalue weighted by Crippen LogP contribution is 2.36. The van der Waals surface area contributed by atoms with E-state index in [9.17, 15) is 5.11 Å². The maximum absolute atomic E-state index is 10.2. The predicted molar refractivity (Wildman–Crippen MR) is 99.9 cm³/mol. The number of phenolic OH excluding ortho intramolecular Hbond substituents is 1. The van der Waals surface area contributed by atoms with Gasteiger partial charge in [-0.1, -0.05) is 12.1 Å². The Balaban J connectivity index is 1.69. The van der Waals surface area contributed by atoms with Crippen LogP contribution in [0.2, 0.25) is 0 Å². The Morgan fingerprint density at radius 1 is 1.08 bits per heavy atom. The summed E-state index contributed by atoms with van der Waals surface area (Å²) in [6.45, 7) is 2.23. The molecule has 1 saturated heterocycles. The van der Waals surface area contributed by atoms with E-state index in [1.165, 1.54) is 43.4 Å². The standard InChI is InChI=1S/C20H26N4O/c1-24-12-6-7-14(13-24)21-20-16-9-3-2-8-15(16)19(22-23-20)17-10-4-5-11-18(17)25/h4-5,10-11,14,25H,2-3,6-9,12-13H2,1H3,(H,21,23). The molecule has 1 fully saturated rings. The van der Waals surface area contributed by atoms with E-state index >= 15 is 0 Å². The van der Waals surface area contributed by atoms with Gasteiger partial charge in [0.05, 0.1) is 0 Å². The second-order valence-corrected chi connectivity index (χ2v) is 7.32. The highest BCUT2D eigenvalue weighted by Gasteiger charge is 2.24. The molecule has 4 rings (SSSR count). The first-order valence-corrected chi connectivity index (χ1v) is 9.34. The zero-order valence-electron chi connectivity index (χ0n) is 14.8. The van der Waals surface area contributed by atoms with E-state index in [1.807, 2.05) is 18.2 Å². The Labute approximate surface area is 149 Å². The van der Waals surface area contributed by atoms with E-state index in [-0.39, 0.29) is 5.75 Å². The number of anilines is 1. The van der Waals surface area contributed by atoms with Crippen LogP contribution in [0.4, 0.5) is 5.82 Å². The van der Waals surface area contributed by atoms with Crippen molar-refractivity contribution in [3.05, 3.63) is 35.4 Å². The molecule has 1 aliphatic carbocycles. The summed E-state index contributed by atoms with van der Waals surface area (Å²) in [5, 5.41) is 23.0. The number of aromatic nitrogens is 2. The zero-order valence-corrected chi connectivity index (χ0v) is 14.8. The summed E-state index contributed by atoms with van der Waals surface area (Å²) in [5.41, 5.74) is 4.19. The number of para-hydroxylation sites is 1. The molecule has 132 valence electrons. The van der Waals surface area contributed by atoms with E-state index in [0.717, 1.165) is 36.5 Å². The number of nitrogens with zero attached hydrogens (tertiary/aromatic N) is 3. The third kappa shape index (κ3) is 3.33. The number of likely N-dealkylation sites (N-methyl/N-ethyl adjacent to an activating group) is 1. The van der Waals surface area contributed by atoms with Crippen LogP contribution >= 0.6 is 0 Å². The van der Waals surface area contributed by atoms with Gasteiger partial charge in [-0.3, -0.25) is 0 Å². The van der Waals surface area contributed by atoms with Gasteiger partial charge in [0.25, 0.3) is 0 Å². The summed E-state index contributed by atoms with van der Waals surface area (Å²) in [7, 11) is 2.18. The Hall–Kier alpha value is -2.14. The Bertz CT molecular complexity index is 761. The molecule has 0 radical (unpaired) electrons. The van der Waals surface area contributed by atoms with Gasteiger partial charge in [0, 0.05) is 23.7 Å². The molecule has 1 atom stereocenters. The lowest BCUT2D eigenvalue weighted by Crippen LogP contribution is -2.40. The van der Waals surface area contributed by atoms with Crippen LogP contribution in [0.3, 0.4) is 0 Å². The topological polar surface area (TPSA) is 61.3 Å². The van der Waals surface area contributed by atoms with Crippen LogP contribution < -0.4 is 5.32 Å². The van der Waals surface area contributed by atoms with Gasteiger partial charge in [-0.2, -0.15) is 0 Å². The minimum atomic E-state index is 0.277. The Kier molecular flexibility index (Phi) is 4.57. The SMILES string of the molecule is CN1CCCC(Nc2nnc(-c3ccccc3O)c3c2CCCC3)C1. The van der Waals surface area contributed by atoms with Gasteiger partial charge < -0.3 is 15.3 Å². The lowest BCUT2D eigenvalue weighted by atomic mass is 9.89. The quantitative estimate of drug-likeness (QED) is 0.900. The molecular formula is C20H26N4O. The van der Waals surface area contributed by atoms with Crippen LogP contribution in [-0.2, 0) is 12.8 Å². The average molecular weight is 338 g/mol. The maximum Gasteiger partial charge on any atom is 0.152 e. The molecule has 2 aliphatic rings. The molecule has 2 N–H and O–H groups in total. The first kappa shape index (κ1) is 16.3.